The lowest BCUT2D eigenvalue weighted by Gasteiger charge is -2.45. The Balaban J connectivity index is 6.37. The van der Waals surface area contributed by atoms with E-state index < -0.39 is 48.7 Å². The van der Waals surface area contributed by atoms with Crippen LogP contribution in [0.4, 0.5) is 0 Å². The number of carbonyl (C=O) groups excluding carboxylic acids is 2. The van der Waals surface area contributed by atoms with E-state index in [0.717, 1.165) is 0 Å². The van der Waals surface area contributed by atoms with Crippen molar-refractivity contribution in [1.29, 1.82) is 0 Å². The molecule has 0 spiro atoms. The molecule has 0 N–H and O–H groups in total. The predicted octanol–water partition coefficient (Wildman–Crippen LogP) is 4.61. The first-order chi connectivity index (χ1) is 21.1. The molecule has 0 aliphatic rings. The van der Waals surface area contributed by atoms with Gasteiger partial charge in [-0.3, -0.25) is 9.59 Å². The van der Waals surface area contributed by atoms with Gasteiger partial charge in [0.25, 0.3) is 0 Å². The van der Waals surface area contributed by atoms with E-state index in [1.807, 2.05) is 13.8 Å². The Labute approximate surface area is 263 Å². The first-order valence-electron chi connectivity index (χ1n) is 15.9. The molecule has 0 fully saturated rings. The van der Waals surface area contributed by atoms with Crippen LogP contribution in [-0.4, -0.2) is 102 Å². The van der Waals surface area contributed by atoms with Gasteiger partial charge in [0.15, 0.2) is 0 Å². The molecule has 0 heterocycles. The first kappa shape index (κ1) is 42.5. The maximum atomic E-state index is 13.3. The molecule has 0 aromatic carbocycles. The number of hydrogen-bond donors (Lipinski definition) is 0. The number of rotatable bonds is 29. The van der Waals surface area contributed by atoms with Crippen molar-refractivity contribution in [3.63, 3.8) is 0 Å². The number of ether oxygens (including phenoxy) is 12. The minimum absolute atomic E-state index is 0.0496. The van der Waals surface area contributed by atoms with E-state index >= 15 is 0 Å². The summed E-state index contributed by atoms with van der Waals surface area (Å²) < 4.78 is 70.3. The van der Waals surface area contributed by atoms with Crippen molar-refractivity contribution in [2.24, 2.45) is 0 Å². The van der Waals surface area contributed by atoms with Crippen LogP contribution in [-0.2, 0) is 66.4 Å². The van der Waals surface area contributed by atoms with Crippen LogP contribution in [0.25, 0.3) is 0 Å². The van der Waals surface area contributed by atoms with E-state index in [9.17, 15) is 9.59 Å². The molecule has 0 saturated heterocycles. The van der Waals surface area contributed by atoms with Crippen molar-refractivity contribution in [2.75, 3.05) is 66.1 Å². The average molecular weight is 643 g/mol. The molecule has 0 aliphatic carbocycles. The van der Waals surface area contributed by atoms with E-state index in [-0.39, 0.29) is 66.1 Å². The Kier molecular flexibility index (Phi) is 22.2. The molecule has 0 rings (SSSR count). The molecule has 2 unspecified atom stereocenters. The zero-order valence-electron chi connectivity index (χ0n) is 28.6. The van der Waals surface area contributed by atoms with Crippen molar-refractivity contribution in [3.05, 3.63) is 0 Å². The largest absolute Gasteiger partial charge is 0.416 e. The average Bonchev–Trinajstić information content (AvgIpc) is 2.98. The minimum Gasteiger partial charge on any atom is -0.401 e. The van der Waals surface area contributed by atoms with E-state index in [1.165, 1.54) is 0 Å². The molecule has 0 aliphatic heterocycles. The maximum absolute atomic E-state index is 13.3. The zero-order chi connectivity index (χ0) is 33.5. The highest BCUT2D eigenvalue weighted by molar-refractivity contribution is 5.78. The molecule has 2 atom stereocenters. The summed E-state index contributed by atoms with van der Waals surface area (Å²) in [5.41, 5.74) is 0. The summed E-state index contributed by atoms with van der Waals surface area (Å²) in [4.78, 5) is 26.7. The van der Waals surface area contributed by atoms with Crippen LogP contribution in [0.1, 0.15) is 94.9 Å². The molecular formula is C30H58O14. The van der Waals surface area contributed by atoms with Gasteiger partial charge in [-0.05, 0) is 68.2 Å². The summed E-state index contributed by atoms with van der Waals surface area (Å²) in [6.07, 6.45) is 0.199. The van der Waals surface area contributed by atoms with Crippen LogP contribution in [0, 0.1) is 0 Å². The van der Waals surface area contributed by atoms with Crippen LogP contribution >= 0.6 is 0 Å². The fourth-order valence-corrected chi connectivity index (χ4v) is 4.06. The topological polar surface area (TPSA) is 145 Å². The van der Waals surface area contributed by atoms with Gasteiger partial charge in [-0.15, -0.1) is 0 Å². The molecular weight excluding hydrogens is 584 g/mol. The van der Waals surface area contributed by atoms with Crippen molar-refractivity contribution < 1.29 is 66.4 Å². The van der Waals surface area contributed by atoms with E-state index in [2.05, 4.69) is 0 Å². The summed E-state index contributed by atoms with van der Waals surface area (Å²) in [6, 6.07) is 0. The Morgan fingerprint density at radius 2 is 0.591 bits per heavy atom. The molecule has 44 heavy (non-hydrogen) atoms. The number of carbonyl (C=O) groups is 2. The maximum Gasteiger partial charge on any atom is 0.416 e. The molecule has 0 aromatic heterocycles. The highest BCUT2D eigenvalue weighted by atomic mass is 17.0. The van der Waals surface area contributed by atoms with E-state index in [1.54, 1.807) is 55.4 Å². The third-order valence-electron chi connectivity index (χ3n) is 5.45. The Morgan fingerprint density at radius 1 is 0.364 bits per heavy atom. The SMILES string of the molecule is CCCOC(OCC)(OC(=O)CCC(=O)OC(OCC)(OCCC)C(OCC)(OCC)OCC)C(OCC)(OCC)OCC. The van der Waals surface area contributed by atoms with Gasteiger partial charge in [0, 0.05) is 39.6 Å². The van der Waals surface area contributed by atoms with Gasteiger partial charge in [0.2, 0.25) is 0 Å². The Morgan fingerprint density at radius 3 is 0.795 bits per heavy atom. The van der Waals surface area contributed by atoms with E-state index in [0.29, 0.717) is 12.8 Å². The minimum atomic E-state index is -2.24. The molecule has 262 valence electrons. The highest BCUT2D eigenvalue weighted by Gasteiger charge is 2.64. The summed E-state index contributed by atoms with van der Waals surface area (Å²) in [5.74, 6) is -10.3. The van der Waals surface area contributed by atoms with E-state index in [4.69, 9.17) is 56.8 Å². The lowest BCUT2D eigenvalue weighted by Crippen LogP contribution is -2.65. The second kappa shape index (κ2) is 23.0. The van der Waals surface area contributed by atoms with Crippen molar-refractivity contribution in [3.8, 4) is 0 Å². The van der Waals surface area contributed by atoms with Crippen LogP contribution in [0.3, 0.4) is 0 Å². The van der Waals surface area contributed by atoms with Gasteiger partial charge < -0.3 is 56.8 Å². The van der Waals surface area contributed by atoms with Crippen LogP contribution in [0.5, 0.6) is 0 Å². The van der Waals surface area contributed by atoms with Gasteiger partial charge in [0.05, 0.1) is 39.3 Å². The van der Waals surface area contributed by atoms with Crippen molar-refractivity contribution in [2.45, 2.75) is 119 Å². The molecule has 0 radical (unpaired) electrons. The smallest absolute Gasteiger partial charge is 0.401 e. The standard InChI is InChI=1S/C30H58O14/c1-11-23-41-29(39-19-9,27(33-13-3,34-14-4)35-15-5)43-25(31)21-22-26(32)44-30(40-20-10,42-24-12-2)28(36-16-6,37-17-7)38-18-8/h11-24H2,1-10H3. The van der Waals surface area contributed by atoms with Gasteiger partial charge in [-0.2, -0.15) is 0 Å². The summed E-state index contributed by atoms with van der Waals surface area (Å²) in [6.45, 7) is 18.5. The highest BCUT2D eigenvalue weighted by Crippen LogP contribution is 2.38. The lowest BCUT2D eigenvalue weighted by atomic mass is 10.3. The third kappa shape index (κ3) is 11.7. The zero-order valence-corrected chi connectivity index (χ0v) is 28.6. The summed E-state index contributed by atoms with van der Waals surface area (Å²) in [5, 5.41) is 0. The fourth-order valence-electron chi connectivity index (χ4n) is 4.06. The van der Waals surface area contributed by atoms with Crippen LogP contribution < -0.4 is 0 Å². The van der Waals surface area contributed by atoms with Crippen LogP contribution in [0.15, 0.2) is 0 Å². The second-order valence-electron chi connectivity index (χ2n) is 8.83. The molecule has 0 saturated carbocycles. The van der Waals surface area contributed by atoms with Crippen molar-refractivity contribution >= 4 is 11.9 Å². The number of esters is 2. The quantitative estimate of drug-likeness (QED) is 0.0826. The molecule has 0 bridgehead atoms. The monoisotopic (exact) mass is 642 g/mol. The van der Waals surface area contributed by atoms with Crippen molar-refractivity contribution in [1.82, 2.24) is 0 Å². The molecule has 14 heteroatoms. The Bertz CT molecular complexity index is 670. The third-order valence-corrected chi connectivity index (χ3v) is 5.45. The van der Waals surface area contributed by atoms with Gasteiger partial charge in [-0.25, -0.2) is 0 Å². The first-order valence-corrected chi connectivity index (χ1v) is 15.9. The molecule has 14 nitrogen and oxygen atoms in total. The summed E-state index contributed by atoms with van der Waals surface area (Å²) >= 11 is 0. The molecule has 0 aromatic rings. The second-order valence-corrected chi connectivity index (χ2v) is 8.83. The van der Waals surface area contributed by atoms with Gasteiger partial charge in [0.1, 0.15) is 0 Å². The van der Waals surface area contributed by atoms with Gasteiger partial charge in [-0.1, -0.05) is 13.8 Å². The normalized spacial score (nSPS) is 15.0. The van der Waals surface area contributed by atoms with Crippen LogP contribution in [0.2, 0.25) is 0 Å². The fraction of sp³-hybridized carbons (Fsp3) is 0.933. The predicted molar refractivity (Wildman–Crippen MR) is 158 cm³/mol. The summed E-state index contributed by atoms with van der Waals surface area (Å²) in [7, 11) is 0. The van der Waals surface area contributed by atoms with Gasteiger partial charge >= 0.3 is 35.8 Å². The number of hydrogen-bond acceptors (Lipinski definition) is 14. The Hall–Kier alpha value is -1.46. The lowest BCUT2D eigenvalue weighted by molar-refractivity contribution is -0.550. The molecule has 0 amide bonds.